The first-order chi connectivity index (χ1) is 10.8. The summed E-state index contributed by atoms with van der Waals surface area (Å²) in [7, 11) is 0. The lowest BCUT2D eigenvalue weighted by atomic mass is 10.3. The molecule has 0 amide bonds. The van der Waals surface area contributed by atoms with Gasteiger partial charge in [0.2, 0.25) is 0 Å². The predicted molar refractivity (Wildman–Crippen MR) is 88.4 cm³/mol. The number of pyridine rings is 1. The highest BCUT2D eigenvalue weighted by Crippen LogP contribution is 2.22. The van der Waals surface area contributed by atoms with Crippen molar-refractivity contribution in [3.05, 3.63) is 53.9 Å². The van der Waals surface area contributed by atoms with Gasteiger partial charge in [0.1, 0.15) is 12.4 Å². The largest absolute Gasteiger partial charge is 0.491 e. The first kappa shape index (κ1) is 16.8. The number of rotatable bonds is 9. The Hall–Kier alpha value is -1.56. The number of aliphatic hydroxyl groups excluding tert-OH is 1. The topological polar surface area (TPSA) is 51.6 Å². The second-order valence-corrected chi connectivity index (χ2v) is 5.86. The van der Waals surface area contributed by atoms with E-state index in [9.17, 15) is 0 Å². The van der Waals surface area contributed by atoms with E-state index >= 15 is 0 Å². The number of ether oxygens (including phenoxy) is 2. The minimum atomic E-state index is -0.0266. The maximum absolute atomic E-state index is 9.11. The molecule has 4 nitrogen and oxygen atoms in total. The molecule has 0 bridgehead atoms. The minimum Gasteiger partial charge on any atom is -0.491 e. The molecule has 0 saturated carbocycles. The number of aryl methyl sites for hydroxylation is 1. The van der Waals surface area contributed by atoms with Crippen LogP contribution < -0.4 is 4.74 Å². The Morgan fingerprint density at radius 1 is 1.14 bits per heavy atom. The van der Waals surface area contributed by atoms with Crippen LogP contribution in [0.4, 0.5) is 0 Å². The number of benzene rings is 1. The zero-order valence-electron chi connectivity index (χ0n) is 12.7. The van der Waals surface area contributed by atoms with Gasteiger partial charge in [-0.2, -0.15) is 0 Å². The molecule has 0 spiro atoms. The van der Waals surface area contributed by atoms with Crippen molar-refractivity contribution in [3.8, 4) is 5.75 Å². The maximum Gasteiger partial charge on any atom is 0.119 e. The van der Waals surface area contributed by atoms with Crippen molar-refractivity contribution in [2.75, 3.05) is 25.6 Å². The fourth-order valence-corrected chi connectivity index (χ4v) is 2.76. The molecule has 0 radical (unpaired) electrons. The monoisotopic (exact) mass is 319 g/mol. The average molecular weight is 319 g/mol. The molecule has 0 aliphatic carbocycles. The van der Waals surface area contributed by atoms with Gasteiger partial charge in [-0.3, -0.25) is 4.98 Å². The SMILES string of the molecule is Cc1cnc(CO)cc1SCCOCCOc1ccccc1. The molecule has 0 saturated heterocycles. The number of hydrogen-bond acceptors (Lipinski definition) is 5. The zero-order chi connectivity index (χ0) is 15.6. The maximum atomic E-state index is 9.11. The summed E-state index contributed by atoms with van der Waals surface area (Å²) < 4.78 is 11.1. The van der Waals surface area contributed by atoms with Gasteiger partial charge >= 0.3 is 0 Å². The molecule has 0 aliphatic rings. The van der Waals surface area contributed by atoms with Crippen LogP contribution in [0.3, 0.4) is 0 Å². The van der Waals surface area contributed by atoms with E-state index in [1.165, 1.54) is 0 Å². The van der Waals surface area contributed by atoms with E-state index in [0.717, 1.165) is 22.0 Å². The van der Waals surface area contributed by atoms with Crippen LogP contribution in [-0.2, 0) is 11.3 Å². The molecule has 2 aromatic rings. The molecular weight excluding hydrogens is 298 g/mol. The van der Waals surface area contributed by atoms with Gasteiger partial charge in [-0.15, -0.1) is 11.8 Å². The third-order valence-corrected chi connectivity index (χ3v) is 4.12. The molecule has 118 valence electrons. The Balaban J connectivity index is 1.59. The Bertz CT molecular complexity index is 563. The molecule has 0 fully saturated rings. The second-order valence-electron chi connectivity index (χ2n) is 4.72. The molecular formula is C17H21NO3S. The first-order valence-corrected chi connectivity index (χ1v) is 8.23. The highest BCUT2D eigenvalue weighted by Gasteiger charge is 2.02. The Labute approximate surface area is 135 Å². The van der Waals surface area contributed by atoms with Crippen molar-refractivity contribution in [1.29, 1.82) is 0 Å². The van der Waals surface area contributed by atoms with Crippen LogP contribution in [-0.4, -0.2) is 35.7 Å². The second kappa shape index (κ2) is 9.46. The van der Waals surface area contributed by atoms with E-state index in [-0.39, 0.29) is 6.61 Å². The van der Waals surface area contributed by atoms with Crippen LogP contribution in [0.2, 0.25) is 0 Å². The molecule has 0 atom stereocenters. The predicted octanol–water partition coefficient (Wildman–Crippen LogP) is 3.07. The molecule has 1 aromatic carbocycles. The third kappa shape index (κ3) is 5.67. The summed E-state index contributed by atoms with van der Waals surface area (Å²) in [6, 6.07) is 11.7. The minimum absolute atomic E-state index is 0.0266. The summed E-state index contributed by atoms with van der Waals surface area (Å²) in [4.78, 5) is 5.29. The van der Waals surface area contributed by atoms with Crippen molar-refractivity contribution in [2.24, 2.45) is 0 Å². The van der Waals surface area contributed by atoms with Crippen LogP contribution in [0.15, 0.2) is 47.5 Å². The normalized spacial score (nSPS) is 10.6. The van der Waals surface area contributed by atoms with Crippen molar-refractivity contribution in [3.63, 3.8) is 0 Å². The van der Waals surface area contributed by atoms with Crippen molar-refractivity contribution < 1.29 is 14.6 Å². The molecule has 1 heterocycles. The van der Waals surface area contributed by atoms with Gasteiger partial charge in [0.15, 0.2) is 0 Å². The lowest BCUT2D eigenvalue weighted by Crippen LogP contribution is -2.08. The first-order valence-electron chi connectivity index (χ1n) is 7.24. The van der Waals surface area contributed by atoms with Gasteiger partial charge in [0.25, 0.3) is 0 Å². The summed E-state index contributed by atoms with van der Waals surface area (Å²) in [6.07, 6.45) is 1.79. The molecule has 0 unspecified atom stereocenters. The van der Waals surface area contributed by atoms with E-state index < -0.39 is 0 Å². The quantitative estimate of drug-likeness (QED) is 0.568. The molecule has 5 heteroatoms. The summed E-state index contributed by atoms with van der Waals surface area (Å²) in [5, 5.41) is 9.11. The van der Waals surface area contributed by atoms with E-state index in [0.29, 0.717) is 25.5 Å². The van der Waals surface area contributed by atoms with E-state index in [1.807, 2.05) is 43.3 Å². The number of nitrogens with zero attached hydrogens (tertiary/aromatic N) is 1. The van der Waals surface area contributed by atoms with Crippen molar-refractivity contribution in [1.82, 2.24) is 4.98 Å². The third-order valence-electron chi connectivity index (χ3n) is 3.00. The average Bonchev–Trinajstić information content (AvgIpc) is 2.56. The summed E-state index contributed by atoms with van der Waals surface area (Å²) >= 11 is 1.71. The van der Waals surface area contributed by atoms with Crippen LogP contribution in [0.1, 0.15) is 11.3 Å². The van der Waals surface area contributed by atoms with Gasteiger partial charge in [-0.1, -0.05) is 18.2 Å². The van der Waals surface area contributed by atoms with Gasteiger partial charge in [0, 0.05) is 16.8 Å². The van der Waals surface area contributed by atoms with Crippen molar-refractivity contribution in [2.45, 2.75) is 18.4 Å². The van der Waals surface area contributed by atoms with Crippen LogP contribution >= 0.6 is 11.8 Å². The number of aromatic nitrogens is 1. The molecule has 1 aromatic heterocycles. The highest BCUT2D eigenvalue weighted by atomic mass is 32.2. The van der Waals surface area contributed by atoms with E-state index in [2.05, 4.69) is 4.98 Å². The number of para-hydroxylation sites is 1. The lowest BCUT2D eigenvalue weighted by molar-refractivity contribution is 0.112. The lowest BCUT2D eigenvalue weighted by Gasteiger charge is -2.08. The van der Waals surface area contributed by atoms with Crippen LogP contribution in [0, 0.1) is 6.92 Å². The summed E-state index contributed by atoms with van der Waals surface area (Å²) in [5.74, 6) is 1.73. The molecule has 22 heavy (non-hydrogen) atoms. The Morgan fingerprint density at radius 3 is 2.73 bits per heavy atom. The Kier molecular flexibility index (Phi) is 7.22. The van der Waals surface area contributed by atoms with Gasteiger partial charge in [-0.05, 0) is 30.7 Å². The van der Waals surface area contributed by atoms with E-state index in [1.54, 1.807) is 18.0 Å². The standard InChI is InChI=1S/C17H21NO3S/c1-14-12-18-15(13-19)11-17(14)22-10-9-20-7-8-21-16-5-3-2-4-6-16/h2-6,11-12,19H,7-10,13H2,1H3. The van der Waals surface area contributed by atoms with Gasteiger partial charge in [-0.25, -0.2) is 0 Å². The zero-order valence-corrected chi connectivity index (χ0v) is 13.5. The molecule has 0 aliphatic heterocycles. The fraction of sp³-hybridized carbons (Fsp3) is 0.353. The highest BCUT2D eigenvalue weighted by molar-refractivity contribution is 7.99. The van der Waals surface area contributed by atoms with Crippen LogP contribution in [0.5, 0.6) is 5.75 Å². The molecule has 1 N–H and O–H groups in total. The number of thioether (sulfide) groups is 1. The number of hydrogen-bond donors (Lipinski definition) is 1. The van der Waals surface area contributed by atoms with Crippen molar-refractivity contribution >= 4 is 11.8 Å². The number of aliphatic hydroxyl groups is 1. The van der Waals surface area contributed by atoms with Gasteiger partial charge in [0.05, 0.1) is 25.5 Å². The van der Waals surface area contributed by atoms with Gasteiger partial charge < -0.3 is 14.6 Å². The smallest absolute Gasteiger partial charge is 0.119 e. The fourth-order valence-electron chi connectivity index (χ4n) is 1.84. The Morgan fingerprint density at radius 2 is 1.95 bits per heavy atom. The van der Waals surface area contributed by atoms with Crippen LogP contribution in [0.25, 0.3) is 0 Å². The summed E-state index contributed by atoms with van der Waals surface area (Å²) in [5.41, 5.74) is 1.82. The summed E-state index contributed by atoms with van der Waals surface area (Å²) in [6.45, 7) is 3.79. The molecule has 2 rings (SSSR count). The van der Waals surface area contributed by atoms with E-state index in [4.69, 9.17) is 14.6 Å².